The topological polar surface area (TPSA) is 58.2 Å². The molecule has 4 atom stereocenters. The highest BCUT2D eigenvalue weighted by atomic mass is 32.1. The third-order valence-corrected chi connectivity index (χ3v) is 8.81. The molecule has 0 saturated heterocycles. The Labute approximate surface area is 165 Å². The zero-order valence-electron chi connectivity index (χ0n) is 16.2. The predicted octanol–water partition coefficient (Wildman–Crippen LogP) is 4.53. The quantitative estimate of drug-likeness (QED) is 0.781. The first-order valence-corrected chi connectivity index (χ1v) is 11.7. The summed E-state index contributed by atoms with van der Waals surface area (Å²) in [6, 6.07) is 0. The standard InChI is InChI=1S/C22H30N2O2S/c1-2-7-23-19(25)18-16-5-3-4-6-17(16)27-20(18)24-21(26)22-11-13-8-14(12-22)10-15(22)9-13/h13-15H,2-12H2,1H3,(H,23,25)(H,24,26)/t13-,14?,15?,22?/m1/s1. The van der Waals surface area contributed by atoms with E-state index in [-0.39, 0.29) is 17.2 Å². The second kappa shape index (κ2) is 6.61. The fourth-order valence-corrected chi connectivity index (χ4v) is 7.90. The zero-order chi connectivity index (χ0) is 18.6. The van der Waals surface area contributed by atoms with Gasteiger partial charge in [-0.25, -0.2) is 0 Å². The summed E-state index contributed by atoms with van der Waals surface area (Å²) in [7, 11) is 0. The summed E-state index contributed by atoms with van der Waals surface area (Å²) in [6.45, 7) is 2.75. The first-order chi connectivity index (χ1) is 13.1. The van der Waals surface area contributed by atoms with Gasteiger partial charge in [-0.3, -0.25) is 9.59 Å². The van der Waals surface area contributed by atoms with Crippen LogP contribution in [0.15, 0.2) is 0 Å². The number of carbonyl (C=O) groups excluding carboxylic acids is 2. The summed E-state index contributed by atoms with van der Waals surface area (Å²) in [5.41, 5.74) is 1.82. The van der Waals surface area contributed by atoms with Crippen molar-refractivity contribution in [3.63, 3.8) is 0 Å². The van der Waals surface area contributed by atoms with Gasteiger partial charge in [0.2, 0.25) is 5.91 Å². The molecule has 2 N–H and O–H groups in total. The van der Waals surface area contributed by atoms with Gasteiger partial charge in [0.25, 0.3) is 5.91 Å². The van der Waals surface area contributed by atoms with Crippen LogP contribution < -0.4 is 10.6 Å². The van der Waals surface area contributed by atoms with E-state index in [9.17, 15) is 9.59 Å². The van der Waals surface area contributed by atoms with Gasteiger partial charge in [-0.1, -0.05) is 6.92 Å². The second-order valence-corrected chi connectivity index (χ2v) is 10.4. The summed E-state index contributed by atoms with van der Waals surface area (Å²) in [5.74, 6) is 2.31. The largest absolute Gasteiger partial charge is 0.352 e. The molecule has 4 bridgehead atoms. The Morgan fingerprint density at radius 3 is 2.59 bits per heavy atom. The molecule has 5 aliphatic rings. The molecule has 4 fully saturated rings. The maximum atomic E-state index is 13.4. The van der Waals surface area contributed by atoms with Crippen molar-refractivity contribution < 1.29 is 9.59 Å². The number of rotatable bonds is 5. The van der Waals surface area contributed by atoms with Crippen LogP contribution in [-0.4, -0.2) is 18.4 Å². The molecule has 5 aliphatic carbocycles. The Balaban J connectivity index is 1.44. The molecule has 146 valence electrons. The van der Waals surface area contributed by atoms with Crippen molar-refractivity contribution in [3.8, 4) is 0 Å². The van der Waals surface area contributed by atoms with Crippen molar-refractivity contribution in [2.24, 2.45) is 23.2 Å². The summed E-state index contributed by atoms with van der Waals surface area (Å²) < 4.78 is 0. The van der Waals surface area contributed by atoms with Crippen molar-refractivity contribution in [2.75, 3.05) is 11.9 Å². The average molecular weight is 387 g/mol. The Kier molecular flexibility index (Phi) is 4.34. The Morgan fingerprint density at radius 2 is 1.85 bits per heavy atom. The molecule has 5 heteroatoms. The molecule has 4 saturated carbocycles. The highest BCUT2D eigenvalue weighted by Gasteiger charge is 2.61. The van der Waals surface area contributed by atoms with E-state index in [0.29, 0.717) is 12.5 Å². The average Bonchev–Trinajstić information content (AvgIpc) is 3.23. The van der Waals surface area contributed by atoms with Crippen molar-refractivity contribution in [2.45, 2.75) is 71.1 Å². The first kappa shape index (κ1) is 17.7. The van der Waals surface area contributed by atoms with Crippen LogP contribution in [0.2, 0.25) is 0 Å². The van der Waals surface area contributed by atoms with E-state index in [1.54, 1.807) is 11.3 Å². The van der Waals surface area contributed by atoms with Crippen LogP contribution in [0.4, 0.5) is 5.00 Å². The van der Waals surface area contributed by atoms with Crippen LogP contribution in [0, 0.1) is 23.2 Å². The molecular formula is C22H30N2O2S. The molecule has 27 heavy (non-hydrogen) atoms. The van der Waals surface area contributed by atoms with E-state index in [2.05, 4.69) is 17.6 Å². The van der Waals surface area contributed by atoms with E-state index >= 15 is 0 Å². The minimum atomic E-state index is -0.144. The highest BCUT2D eigenvalue weighted by molar-refractivity contribution is 7.17. The smallest absolute Gasteiger partial charge is 0.254 e. The summed E-state index contributed by atoms with van der Waals surface area (Å²) in [4.78, 5) is 27.7. The van der Waals surface area contributed by atoms with E-state index in [0.717, 1.165) is 60.9 Å². The number of anilines is 1. The zero-order valence-corrected chi connectivity index (χ0v) is 17.1. The van der Waals surface area contributed by atoms with Crippen molar-refractivity contribution in [3.05, 3.63) is 16.0 Å². The van der Waals surface area contributed by atoms with E-state index in [1.165, 1.54) is 36.1 Å². The molecule has 0 spiro atoms. The number of fused-ring (bicyclic) bond motifs is 1. The lowest BCUT2D eigenvalue weighted by atomic mass is 9.75. The normalized spacial score (nSPS) is 33.1. The number of aryl methyl sites for hydroxylation is 1. The number of nitrogens with one attached hydrogen (secondary N) is 2. The number of hydrogen-bond donors (Lipinski definition) is 2. The Bertz CT molecular complexity index is 770. The molecule has 1 aromatic rings. The Morgan fingerprint density at radius 1 is 1.11 bits per heavy atom. The van der Waals surface area contributed by atoms with Gasteiger partial charge in [-0.05, 0) is 87.5 Å². The number of carbonyl (C=O) groups is 2. The second-order valence-electron chi connectivity index (χ2n) is 9.33. The minimum Gasteiger partial charge on any atom is -0.352 e. The van der Waals surface area contributed by atoms with Gasteiger partial charge >= 0.3 is 0 Å². The van der Waals surface area contributed by atoms with Crippen molar-refractivity contribution >= 4 is 28.2 Å². The lowest BCUT2D eigenvalue weighted by Gasteiger charge is -2.31. The molecular weight excluding hydrogens is 356 g/mol. The van der Waals surface area contributed by atoms with Crippen LogP contribution in [0.25, 0.3) is 0 Å². The van der Waals surface area contributed by atoms with Gasteiger partial charge in [0, 0.05) is 11.4 Å². The van der Waals surface area contributed by atoms with Crippen LogP contribution >= 0.6 is 11.3 Å². The third kappa shape index (κ3) is 2.76. The molecule has 1 heterocycles. The number of amides is 2. The van der Waals surface area contributed by atoms with E-state index in [4.69, 9.17) is 0 Å². The van der Waals surface area contributed by atoms with E-state index < -0.39 is 0 Å². The highest BCUT2D eigenvalue weighted by Crippen LogP contribution is 2.65. The van der Waals surface area contributed by atoms with Gasteiger partial charge in [0.05, 0.1) is 11.0 Å². The fourth-order valence-electron chi connectivity index (χ4n) is 6.62. The van der Waals surface area contributed by atoms with Crippen LogP contribution in [0.5, 0.6) is 0 Å². The molecule has 0 aromatic carbocycles. The molecule has 4 nitrogen and oxygen atoms in total. The maximum Gasteiger partial charge on any atom is 0.254 e. The van der Waals surface area contributed by atoms with Crippen LogP contribution in [0.3, 0.4) is 0 Å². The monoisotopic (exact) mass is 386 g/mol. The lowest BCUT2D eigenvalue weighted by Crippen LogP contribution is -2.37. The molecule has 2 amide bonds. The first-order valence-electron chi connectivity index (χ1n) is 10.8. The fraction of sp³-hybridized carbons (Fsp3) is 0.727. The van der Waals surface area contributed by atoms with Gasteiger partial charge in [0.1, 0.15) is 5.00 Å². The summed E-state index contributed by atoms with van der Waals surface area (Å²) >= 11 is 1.66. The maximum absolute atomic E-state index is 13.4. The van der Waals surface area contributed by atoms with Crippen molar-refractivity contribution in [1.29, 1.82) is 0 Å². The summed E-state index contributed by atoms with van der Waals surface area (Å²) in [6.07, 6.45) is 11.2. The molecule has 0 aliphatic heterocycles. The summed E-state index contributed by atoms with van der Waals surface area (Å²) in [5, 5.41) is 7.15. The molecule has 6 rings (SSSR count). The van der Waals surface area contributed by atoms with Crippen LogP contribution in [0.1, 0.15) is 79.1 Å². The number of thiophene rings is 1. The Hall–Kier alpha value is -1.36. The van der Waals surface area contributed by atoms with Gasteiger partial charge in [-0.15, -0.1) is 11.3 Å². The minimum absolute atomic E-state index is 0.00120. The van der Waals surface area contributed by atoms with Gasteiger partial charge < -0.3 is 10.6 Å². The molecule has 1 aromatic heterocycles. The van der Waals surface area contributed by atoms with Gasteiger partial charge in [0.15, 0.2) is 0 Å². The van der Waals surface area contributed by atoms with Gasteiger partial charge in [-0.2, -0.15) is 0 Å². The number of hydrogen-bond acceptors (Lipinski definition) is 3. The molecule has 3 unspecified atom stereocenters. The van der Waals surface area contributed by atoms with E-state index in [1.807, 2.05) is 0 Å². The third-order valence-electron chi connectivity index (χ3n) is 7.60. The predicted molar refractivity (Wildman–Crippen MR) is 108 cm³/mol. The molecule has 0 radical (unpaired) electrons. The lowest BCUT2D eigenvalue weighted by molar-refractivity contribution is -0.127. The van der Waals surface area contributed by atoms with Crippen molar-refractivity contribution in [1.82, 2.24) is 5.32 Å². The van der Waals surface area contributed by atoms with Crippen LogP contribution in [-0.2, 0) is 17.6 Å². The SMILES string of the molecule is CCCNC(=O)c1c(NC(=O)C23CC4CC2C[C@@H](C4)C3)sc2c1CCCC2.